The van der Waals surface area contributed by atoms with E-state index in [-0.39, 0.29) is 6.61 Å². The first-order valence-electron chi connectivity index (χ1n) is 6.19. The first-order valence-corrected chi connectivity index (χ1v) is 6.98. The van der Waals surface area contributed by atoms with Crippen molar-refractivity contribution >= 4 is 15.9 Å². The van der Waals surface area contributed by atoms with Crippen LogP contribution in [0.2, 0.25) is 0 Å². The van der Waals surface area contributed by atoms with Gasteiger partial charge in [0.25, 0.3) is 0 Å². The van der Waals surface area contributed by atoms with E-state index in [9.17, 15) is 0 Å². The molecular weight excluding hydrogens is 298 g/mol. The van der Waals surface area contributed by atoms with Crippen LogP contribution >= 0.6 is 15.9 Å². The fraction of sp³-hybridized carbons (Fsp3) is 0.750. The normalized spacial score (nSPS) is 11.4. The van der Waals surface area contributed by atoms with Gasteiger partial charge >= 0.3 is 0 Å². The SMILES string of the molecule is CCn1nc(C)c(Br)c1CN(C)CCOCCO. The minimum atomic E-state index is 0.0804. The van der Waals surface area contributed by atoms with E-state index < -0.39 is 0 Å². The lowest BCUT2D eigenvalue weighted by molar-refractivity contribution is 0.0768. The molecule has 1 heterocycles. The Labute approximate surface area is 117 Å². The summed E-state index contributed by atoms with van der Waals surface area (Å²) in [5.41, 5.74) is 2.22. The van der Waals surface area contributed by atoms with Gasteiger partial charge in [0, 0.05) is 19.6 Å². The van der Waals surface area contributed by atoms with Crippen LogP contribution in [0.5, 0.6) is 0 Å². The fourth-order valence-corrected chi connectivity index (χ4v) is 2.15. The molecule has 1 aromatic heterocycles. The van der Waals surface area contributed by atoms with E-state index in [0.717, 1.165) is 29.8 Å². The van der Waals surface area contributed by atoms with Gasteiger partial charge in [0.1, 0.15) is 0 Å². The van der Waals surface area contributed by atoms with Crippen molar-refractivity contribution in [3.8, 4) is 0 Å². The molecular formula is C12H22BrN3O2. The zero-order valence-corrected chi connectivity index (χ0v) is 12.9. The van der Waals surface area contributed by atoms with Crippen molar-refractivity contribution in [2.75, 3.05) is 33.4 Å². The standard InChI is InChI=1S/C12H22BrN3O2/c1-4-16-11(12(13)10(2)14-16)9-15(3)5-7-18-8-6-17/h17H,4-9H2,1-3H3. The number of likely N-dealkylation sites (N-methyl/N-ethyl adjacent to an activating group) is 1. The summed E-state index contributed by atoms with van der Waals surface area (Å²) in [4.78, 5) is 2.19. The number of hydrogen-bond donors (Lipinski definition) is 1. The summed E-state index contributed by atoms with van der Waals surface area (Å²) in [6.45, 7) is 7.75. The van der Waals surface area contributed by atoms with E-state index in [1.807, 2.05) is 11.6 Å². The molecule has 104 valence electrons. The largest absolute Gasteiger partial charge is 0.394 e. The molecule has 0 saturated heterocycles. The highest BCUT2D eigenvalue weighted by atomic mass is 79.9. The summed E-state index contributed by atoms with van der Waals surface area (Å²) in [7, 11) is 2.05. The molecule has 5 nitrogen and oxygen atoms in total. The van der Waals surface area contributed by atoms with E-state index >= 15 is 0 Å². The number of aliphatic hydroxyl groups excluding tert-OH is 1. The van der Waals surface area contributed by atoms with Crippen molar-refractivity contribution in [2.24, 2.45) is 0 Å². The summed E-state index contributed by atoms with van der Waals surface area (Å²) in [5, 5.41) is 13.1. The van der Waals surface area contributed by atoms with Crippen molar-refractivity contribution in [1.82, 2.24) is 14.7 Å². The predicted octanol–water partition coefficient (Wildman–Crippen LogP) is 1.41. The molecule has 1 aromatic rings. The molecule has 0 amide bonds. The lowest BCUT2D eigenvalue weighted by Gasteiger charge is -2.17. The molecule has 18 heavy (non-hydrogen) atoms. The number of aliphatic hydroxyl groups is 1. The summed E-state index contributed by atoms with van der Waals surface area (Å²) >= 11 is 3.59. The molecule has 0 aromatic carbocycles. The zero-order valence-electron chi connectivity index (χ0n) is 11.3. The van der Waals surface area contributed by atoms with Crippen molar-refractivity contribution in [3.05, 3.63) is 15.9 Å². The molecule has 6 heteroatoms. The highest BCUT2D eigenvalue weighted by Crippen LogP contribution is 2.22. The lowest BCUT2D eigenvalue weighted by atomic mass is 10.3. The molecule has 0 saturated carbocycles. The first-order chi connectivity index (χ1) is 8.60. The first kappa shape index (κ1) is 15.6. The number of hydrogen-bond acceptors (Lipinski definition) is 4. The smallest absolute Gasteiger partial charge is 0.0739 e. The summed E-state index contributed by atoms with van der Waals surface area (Å²) in [6, 6.07) is 0. The zero-order chi connectivity index (χ0) is 13.5. The van der Waals surface area contributed by atoms with Crippen LogP contribution in [0, 0.1) is 6.92 Å². The van der Waals surface area contributed by atoms with E-state index in [4.69, 9.17) is 9.84 Å². The minimum absolute atomic E-state index is 0.0804. The third-order valence-corrected chi connectivity index (χ3v) is 3.76. The topological polar surface area (TPSA) is 50.5 Å². The molecule has 0 spiro atoms. The van der Waals surface area contributed by atoms with Gasteiger partial charge in [-0.1, -0.05) is 0 Å². The Balaban J connectivity index is 2.50. The quantitative estimate of drug-likeness (QED) is 0.736. The second-order valence-corrected chi connectivity index (χ2v) is 5.03. The van der Waals surface area contributed by atoms with E-state index in [1.54, 1.807) is 0 Å². The Morgan fingerprint density at radius 1 is 1.44 bits per heavy atom. The number of aryl methyl sites for hydroxylation is 2. The Bertz CT molecular complexity index is 368. The monoisotopic (exact) mass is 319 g/mol. The van der Waals surface area contributed by atoms with Gasteiger partial charge in [-0.25, -0.2) is 0 Å². The van der Waals surface area contributed by atoms with Gasteiger partial charge in [0.2, 0.25) is 0 Å². The highest BCUT2D eigenvalue weighted by Gasteiger charge is 2.13. The van der Waals surface area contributed by atoms with Gasteiger partial charge < -0.3 is 9.84 Å². The second kappa shape index (κ2) is 7.89. The molecule has 0 radical (unpaired) electrons. The Hall–Kier alpha value is -0.430. The van der Waals surface area contributed by atoms with Crippen molar-refractivity contribution < 1.29 is 9.84 Å². The van der Waals surface area contributed by atoms with Crippen LogP contribution in [-0.2, 0) is 17.8 Å². The van der Waals surface area contributed by atoms with Crippen LogP contribution in [-0.4, -0.2) is 53.2 Å². The van der Waals surface area contributed by atoms with Crippen molar-refractivity contribution in [3.63, 3.8) is 0 Å². The average molecular weight is 320 g/mol. The molecule has 0 aliphatic rings. The maximum atomic E-state index is 8.62. The van der Waals surface area contributed by atoms with Crippen LogP contribution in [0.4, 0.5) is 0 Å². The average Bonchev–Trinajstić information content (AvgIpc) is 2.62. The maximum absolute atomic E-state index is 8.62. The molecule has 0 fully saturated rings. The summed E-state index contributed by atoms with van der Waals surface area (Å²) < 4.78 is 8.37. The maximum Gasteiger partial charge on any atom is 0.0739 e. The molecule has 0 bridgehead atoms. The van der Waals surface area contributed by atoms with E-state index in [0.29, 0.717) is 13.2 Å². The van der Waals surface area contributed by atoms with Crippen LogP contribution < -0.4 is 0 Å². The van der Waals surface area contributed by atoms with E-state index in [2.05, 4.69) is 39.9 Å². The third-order valence-electron chi connectivity index (χ3n) is 2.73. The fourth-order valence-electron chi connectivity index (χ4n) is 1.74. The van der Waals surface area contributed by atoms with E-state index in [1.165, 1.54) is 5.69 Å². The number of aromatic nitrogens is 2. The van der Waals surface area contributed by atoms with Gasteiger partial charge in [-0.15, -0.1) is 0 Å². The van der Waals surface area contributed by atoms with Crippen LogP contribution in [0.15, 0.2) is 4.47 Å². The van der Waals surface area contributed by atoms with Crippen LogP contribution in [0.1, 0.15) is 18.3 Å². The molecule has 1 rings (SSSR count). The third kappa shape index (κ3) is 4.35. The van der Waals surface area contributed by atoms with Gasteiger partial charge in [0.15, 0.2) is 0 Å². The van der Waals surface area contributed by atoms with Crippen molar-refractivity contribution in [1.29, 1.82) is 0 Å². The molecule has 0 unspecified atom stereocenters. The number of ether oxygens (including phenoxy) is 1. The molecule has 0 atom stereocenters. The van der Waals surface area contributed by atoms with Gasteiger partial charge in [-0.05, 0) is 36.8 Å². The number of halogens is 1. The van der Waals surface area contributed by atoms with Gasteiger partial charge in [0.05, 0.1) is 35.7 Å². The second-order valence-electron chi connectivity index (χ2n) is 4.24. The molecule has 0 aliphatic heterocycles. The Kier molecular flexibility index (Phi) is 6.85. The molecule has 0 aliphatic carbocycles. The minimum Gasteiger partial charge on any atom is -0.394 e. The Morgan fingerprint density at radius 2 is 2.17 bits per heavy atom. The van der Waals surface area contributed by atoms with Gasteiger partial charge in [-0.2, -0.15) is 5.10 Å². The molecule has 1 N–H and O–H groups in total. The summed E-state index contributed by atoms with van der Waals surface area (Å²) in [5.74, 6) is 0. The number of rotatable bonds is 8. The predicted molar refractivity (Wildman–Crippen MR) is 74.6 cm³/mol. The lowest BCUT2D eigenvalue weighted by Crippen LogP contribution is -2.25. The number of nitrogens with zero attached hydrogens (tertiary/aromatic N) is 3. The Morgan fingerprint density at radius 3 is 2.78 bits per heavy atom. The van der Waals surface area contributed by atoms with Crippen molar-refractivity contribution in [2.45, 2.75) is 26.9 Å². The summed E-state index contributed by atoms with van der Waals surface area (Å²) in [6.07, 6.45) is 0. The van der Waals surface area contributed by atoms with Crippen LogP contribution in [0.25, 0.3) is 0 Å². The van der Waals surface area contributed by atoms with Crippen LogP contribution in [0.3, 0.4) is 0 Å². The van der Waals surface area contributed by atoms with Gasteiger partial charge in [-0.3, -0.25) is 9.58 Å². The highest BCUT2D eigenvalue weighted by molar-refractivity contribution is 9.10.